The normalized spacial score (nSPS) is 21.2. The maximum Gasteiger partial charge on any atom is 0.238 e. The Morgan fingerprint density at radius 1 is 1.25 bits per heavy atom. The number of rotatable bonds is 6. The molecule has 1 aliphatic rings. The van der Waals surface area contributed by atoms with E-state index in [0.29, 0.717) is 11.6 Å². The number of carbonyl (C=O) groups is 1. The van der Waals surface area contributed by atoms with Crippen LogP contribution in [-0.4, -0.2) is 30.6 Å². The van der Waals surface area contributed by atoms with E-state index in [4.69, 9.17) is 0 Å². The van der Waals surface area contributed by atoms with Gasteiger partial charge in [-0.2, -0.15) is 0 Å². The second-order valence-corrected chi connectivity index (χ2v) is 11.0. The maximum atomic E-state index is 12.8. The molecule has 152 valence electrons. The highest BCUT2D eigenvalue weighted by atomic mass is 32.2. The molecule has 1 aromatic carbocycles. The van der Waals surface area contributed by atoms with Crippen molar-refractivity contribution in [3.8, 4) is 10.6 Å². The SMILES string of the molecule is Cc1ccc(-c2nc(CS(=O)(=O)C(C)C(=O)NC3CCCCC3C)cs2)cc1. The van der Waals surface area contributed by atoms with Gasteiger partial charge in [0.05, 0.1) is 11.4 Å². The van der Waals surface area contributed by atoms with Gasteiger partial charge in [0.25, 0.3) is 0 Å². The first-order valence-corrected chi connectivity index (χ1v) is 12.4. The number of thiazole rings is 1. The van der Waals surface area contributed by atoms with Crippen LogP contribution in [0.4, 0.5) is 0 Å². The molecule has 0 spiro atoms. The minimum atomic E-state index is -3.62. The zero-order chi connectivity index (χ0) is 20.3. The molecule has 0 radical (unpaired) electrons. The van der Waals surface area contributed by atoms with Crippen LogP contribution in [0.15, 0.2) is 29.6 Å². The van der Waals surface area contributed by atoms with E-state index in [-0.39, 0.29) is 11.8 Å². The molecule has 5 nitrogen and oxygen atoms in total. The lowest BCUT2D eigenvalue weighted by Gasteiger charge is -2.30. The summed E-state index contributed by atoms with van der Waals surface area (Å²) in [6, 6.07) is 8.05. The Hall–Kier alpha value is -1.73. The van der Waals surface area contributed by atoms with Gasteiger partial charge in [0, 0.05) is 17.0 Å². The number of sulfone groups is 1. The molecule has 0 bridgehead atoms. The van der Waals surface area contributed by atoms with Crippen LogP contribution in [0.3, 0.4) is 0 Å². The summed E-state index contributed by atoms with van der Waals surface area (Å²) < 4.78 is 25.5. The van der Waals surface area contributed by atoms with Crippen molar-refractivity contribution in [3.05, 3.63) is 40.9 Å². The van der Waals surface area contributed by atoms with Gasteiger partial charge in [-0.05, 0) is 32.6 Å². The topological polar surface area (TPSA) is 76.1 Å². The fourth-order valence-electron chi connectivity index (χ4n) is 3.53. The molecule has 1 fully saturated rings. The Balaban J connectivity index is 1.65. The quantitative estimate of drug-likeness (QED) is 0.763. The van der Waals surface area contributed by atoms with E-state index in [0.717, 1.165) is 35.4 Å². The molecule has 0 aliphatic heterocycles. The third kappa shape index (κ3) is 5.00. The van der Waals surface area contributed by atoms with Crippen molar-refractivity contribution in [2.45, 2.75) is 63.5 Å². The minimum Gasteiger partial charge on any atom is -0.352 e. The Kier molecular flexibility index (Phi) is 6.55. The average molecular weight is 421 g/mol. The van der Waals surface area contributed by atoms with Crippen LogP contribution in [0.2, 0.25) is 0 Å². The number of nitrogens with one attached hydrogen (secondary N) is 1. The highest BCUT2D eigenvalue weighted by Gasteiger charge is 2.32. The van der Waals surface area contributed by atoms with E-state index >= 15 is 0 Å². The molecule has 3 atom stereocenters. The fourth-order valence-corrected chi connectivity index (χ4v) is 5.66. The monoisotopic (exact) mass is 420 g/mol. The molecule has 3 rings (SSSR count). The number of aryl methyl sites for hydroxylation is 1. The molecule has 1 amide bonds. The van der Waals surface area contributed by atoms with E-state index in [2.05, 4.69) is 17.2 Å². The van der Waals surface area contributed by atoms with Gasteiger partial charge in [0.1, 0.15) is 10.3 Å². The van der Waals surface area contributed by atoms with Crippen LogP contribution in [0, 0.1) is 12.8 Å². The molecular formula is C21H28N2O3S2. The zero-order valence-corrected chi connectivity index (χ0v) is 18.3. The molecule has 28 heavy (non-hydrogen) atoms. The standard InChI is InChI=1S/C21H28N2O3S2/c1-14-8-10-17(11-9-14)21-22-18(12-27-21)13-28(25,26)16(3)20(24)23-19-7-5-4-6-15(19)2/h8-12,15-16,19H,4-7,13H2,1-3H3,(H,23,24). The van der Waals surface area contributed by atoms with Crippen LogP contribution in [0.5, 0.6) is 0 Å². The minimum absolute atomic E-state index is 0.0753. The molecule has 0 saturated heterocycles. The van der Waals surface area contributed by atoms with E-state index in [9.17, 15) is 13.2 Å². The van der Waals surface area contributed by atoms with Gasteiger partial charge >= 0.3 is 0 Å². The van der Waals surface area contributed by atoms with Crippen LogP contribution in [0.1, 0.15) is 50.8 Å². The van der Waals surface area contributed by atoms with Crippen molar-refractivity contribution in [1.29, 1.82) is 0 Å². The van der Waals surface area contributed by atoms with E-state index in [1.54, 1.807) is 5.38 Å². The molecule has 1 saturated carbocycles. The summed E-state index contributed by atoms with van der Waals surface area (Å²) in [5, 5.41) is 4.44. The van der Waals surface area contributed by atoms with Gasteiger partial charge in [-0.1, -0.05) is 49.6 Å². The largest absolute Gasteiger partial charge is 0.352 e. The van der Waals surface area contributed by atoms with Crippen LogP contribution >= 0.6 is 11.3 Å². The lowest BCUT2D eigenvalue weighted by atomic mass is 9.86. The van der Waals surface area contributed by atoms with Gasteiger partial charge in [-0.3, -0.25) is 4.79 Å². The number of nitrogens with zero attached hydrogens (tertiary/aromatic N) is 1. The summed E-state index contributed by atoms with van der Waals surface area (Å²) in [6.45, 7) is 5.61. The lowest BCUT2D eigenvalue weighted by Crippen LogP contribution is -2.47. The smallest absolute Gasteiger partial charge is 0.238 e. The lowest BCUT2D eigenvalue weighted by molar-refractivity contribution is -0.121. The molecule has 2 aromatic rings. The van der Waals surface area contributed by atoms with Gasteiger partial charge in [0.2, 0.25) is 5.91 Å². The number of aromatic nitrogens is 1. The number of hydrogen-bond acceptors (Lipinski definition) is 5. The van der Waals surface area contributed by atoms with Crippen LogP contribution < -0.4 is 5.32 Å². The first-order valence-electron chi connectivity index (χ1n) is 9.79. The number of carbonyl (C=O) groups excluding carboxylic acids is 1. The van der Waals surface area contributed by atoms with Gasteiger partial charge in [-0.25, -0.2) is 13.4 Å². The first kappa shape index (κ1) is 21.0. The molecule has 7 heteroatoms. The third-order valence-electron chi connectivity index (χ3n) is 5.55. The second-order valence-electron chi connectivity index (χ2n) is 7.84. The molecule has 1 aliphatic carbocycles. The van der Waals surface area contributed by atoms with Crippen molar-refractivity contribution in [3.63, 3.8) is 0 Å². The highest BCUT2D eigenvalue weighted by Crippen LogP contribution is 2.26. The second kappa shape index (κ2) is 8.74. The van der Waals surface area contributed by atoms with Crippen LogP contribution in [-0.2, 0) is 20.4 Å². The Labute approximate surface area is 171 Å². The van der Waals surface area contributed by atoms with E-state index in [1.165, 1.54) is 24.7 Å². The zero-order valence-electron chi connectivity index (χ0n) is 16.6. The molecule has 1 heterocycles. The first-order chi connectivity index (χ1) is 13.3. The molecule has 1 N–H and O–H groups in total. The van der Waals surface area contributed by atoms with Gasteiger partial charge < -0.3 is 5.32 Å². The van der Waals surface area contributed by atoms with Gasteiger partial charge in [-0.15, -0.1) is 11.3 Å². The molecule has 3 unspecified atom stereocenters. The average Bonchev–Trinajstić information content (AvgIpc) is 3.11. The van der Waals surface area contributed by atoms with Gasteiger partial charge in [0.15, 0.2) is 9.84 Å². The summed E-state index contributed by atoms with van der Waals surface area (Å²) in [5.74, 6) is -0.222. The predicted molar refractivity (Wildman–Crippen MR) is 114 cm³/mol. The summed E-state index contributed by atoms with van der Waals surface area (Å²) >= 11 is 1.42. The summed E-state index contributed by atoms with van der Waals surface area (Å²) in [5.41, 5.74) is 2.62. The summed E-state index contributed by atoms with van der Waals surface area (Å²) in [4.78, 5) is 17.0. The number of benzene rings is 1. The Morgan fingerprint density at radius 2 is 1.93 bits per heavy atom. The van der Waals surface area contributed by atoms with Crippen molar-refractivity contribution in [1.82, 2.24) is 10.3 Å². The van der Waals surface area contributed by atoms with E-state index in [1.807, 2.05) is 31.2 Å². The Morgan fingerprint density at radius 3 is 2.61 bits per heavy atom. The van der Waals surface area contributed by atoms with Crippen molar-refractivity contribution >= 4 is 27.1 Å². The summed E-state index contributed by atoms with van der Waals surface area (Å²) in [6.07, 6.45) is 4.25. The molecular weight excluding hydrogens is 392 g/mol. The fraction of sp³-hybridized carbons (Fsp3) is 0.524. The van der Waals surface area contributed by atoms with Crippen LogP contribution in [0.25, 0.3) is 10.6 Å². The Bertz CT molecular complexity index is 919. The number of amides is 1. The van der Waals surface area contributed by atoms with Crippen molar-refractivity contribution in [2.75, 3.05) is 0 Å². The summed E-state index contributed by atoms with van der Waals surface area (Å²) in [7, 11) is -3.62. The predicted octanol–water partition coefficient (Wildman–Crippen LogP) is 4.12. The van der Waals surface area contributed by atoms with Crippen molar-refractivity contribution < 1.29 is 13.2 Å². The number of hydrogen-bond donors (Lipinski definition) is 1. The maximum absolute atomic E-state index is 12.8. The van der Waals surface area contributed by atoms with Crippen molar-refractivity contribution in [2.24, 2.45) is 5.92 Å². The highest BCUT2D eigenvalue weighted by molar-refractivity contribution is 7.92. The third-order valence-corrected chi connectivity index (χ3v) is 8.48. The van der Waals surface area contributed by atoms with E-state index < -0.39 is 21.0 Å². The molecule has 1 aromatic heterocycles.